The lowest BCUT2D eigenvalue weighted by Gasteiger charge is -2.38. The molecule has 2 saturated heterocycles. The molecular formula is C14H23N5O2. The number of amides is 1. The lowest BCUT2D eigenvalue weighted by atomic mass is 10.1. The minimum atomic E-state index is -0.0133. The van der Waals surface area contributed by atoms with Crippen molar-refractivity contribution in [2.24, 2.45) is 0 Å². The third-order valence-electron chi connectivity index (χ3n) is 4.24. The highest BCUT2D eigenvalue weighted by Crippen LogP contribution is 2.22. The number of hydrogen-bond acceptors (Lipinski definition) is 5. The molecule has 7 heteroatoms. The maximum Gasteiger partial charge on any atom is 0.276 e. The van der Waals surface area contributed by atoms with E-state index in [4.69, 9.17) is 4.74 Å². The first-order valence-corrected chi connectivity index (χ1v) is 7.68. The predicted octanol–water partition coefficient (Wildman–Crippen LogP) is 0.519. The Hall–Kier alpha value is -1.47. The van der Waals surface area contributed by atoms with Crippen molar-refractivity contribution in [1.29, 1.82) is 0 Å². The van der Waals surface area contributed by atoms with Gasteiger partial charge in [-0.2, -0.15) is 15.4 Å². The van der Waals surface area contributed by atoms with Crippen LogP contribution in [0.4, 0.5) is 0 Å². The lowest BCUT2D eigenvalue weighted by Crippen LogP contribution is -2.51. The van der Waals surface area contributed by atoms with Gasteiger partial charge in [0.25, 0.3) is 5.91 Å². The number of nitrogens with zero attached hydrogens (tertiary/aromatic N) is 4. The van der Waals surface area contributed by atoms with E-state index < -0.39 is 0 Å². The SMILES string of the molecule is CC1CN(CC2CCCN2C(=O)c2cn[nH]n2)CC(C)O1. The normalized spacial score (nSPS) is 30.8. The second kappa shape index (κ2) is 6.11. The third kappa shape index (κ3) is 3.24. The molecule has 3 heterocycles. The van der Waals surface area contributed by atoms with Crippen molar-refractivity contribution in [3.63, 3.8) is 0 Å². The van der Waals surface area contributed by atoms with E-state index in [1.54, 1.807) is 0 Å². The molecule has 0 saturated carbocycles. The number of likely N-dealkylation sites (tertiary alicyclic amines) is 1. The van der Waals surface area contributed by atoms with Crippen molar-refractivity contribution in [2.45, 2.75) is 44.9 Å². The number of hydrogen-bond donors (Lipinski definition) is 1. The molecule has 1 aromatic heterocycles. The largest absolute Gasteiger partial charge is 0.373 e. The Bertz CT molecular complexity index is 468. The van der Waals surface area contributed by atoms with Crippen LogP contribution in [0.15, 0.2) is 6.20 Å². The molecule has 1 amide bonds. The van der Waals surface area contributed by atoms with Crippen LogP contribution in [0.5, 0.6) is 0 Å². The van der Waals surface area contributed by atoms with E-state index in [-0.39, 0.29) is 24.2 Å². The summed E-state index contributed by atoms with van der Waals surface area (Å²) in [6, 6.07) is 0.270. The van der Waals surface area contributed by atoms with E-state index in [1.165, 1.54) is 6.20 Å². The molecule has 3 unspecified atom stereocenters. The van der Waals surface area contributed by atoms with Crippen LogP contribution in [0, 0.1) is 0 Å². The van der Waals surface area contributed by atoms with Gasteiger partial charge in [0.1, 0.15) is 0 Å². The molecule has 2 fully saturated rings. The Labute approximate surface area is 124 Å². The van der Waals surface area contributed by atoms with Crippen LogP contribution in [-0.2, 0) is 4.74 Å². The number of ether oxygens (including phenoxy) is 1. The van der Waals surface area contributed by atoms with Crippen molar-refractivity contribution < 1.29 is 9.53 Å². The molecule has 0 aromatic carbocycles. The number of carbonyl (C=O) groups excluding carboxylic acids is 1. The van der Waals surface area contributed by atoms with E-state index >= 15 is 0 Å². The van der Waals surface area contributed by atoms with Crippen molar-refractivity contribution in [1.82, 2.24) is 25.2 Å². The van der Waals surface area contributed by atoms with Crippen LogP contribution in [0.1, 0.15) is 37.2 Å². The molecule has 0 bridgehead atoms. The summed E-state index contributed by atoms with van der Waals surface area (Å²) in [7, 11) is 0. The average Bonchev–Trinajstić information content (AvgIpc) is 3.07. The van der Waals surface area contributed by atoms with Crippen molar-refractivity contribution in [3.8, 4) is 0 Å². The van der Waals surface area contributed by atoms with Gasteiger partial charge in [-0.3, -0.25) is 9.69 Å². The fourth-order valence-corrected chi connectivity index (χ4v) is 3.48. The smallest absolute Gasteiger partial charge is 0.276 e. The zero-order valence-corrected chi connectivity index (χ0v) is 12.7. The number of rotatable bonds is 3. The van der Waals surface area contributed by atoms with E-state index in [0.717, 1.165) is 39.0 Å². The van der Waals surface area contributed by atoms with Gasteiger partial charge in [0.05, 0.1) is 18.4 Å². The molecule has 1 N–H and O–H groups in total. The molecule has 7 nitrogen and oxygen atoms in total. The van der Waals surface area contributed by atoms with Gasteiger partial charge in [0, 0.05) is 32.2 Å². The van der Waals surface area contributed by atoms with E-state index in [9.17, 15) is 4.79 Å². The van der Waals surface area contributed by atoms with Crippen molar-refractivity contribution in [3.05, 3.63) is 11.9 Å². The number of aromatic nitrogens is 3. The second-order valence-corrected chi connectivity index (χ2v) is 6.13. The fraction of sp³-hybridized carbons (Fsp3) is 0.786. The van der Waals surface area contributed by atoms with Crippen molar-refractivity contribution >= 4 is 5.91 Å². The Kier molecular flexibility index (Phi) is 4.21. The molecule has 1 aromatic rings. The summed E-state index contributed by atoms with van der Waals surface area (Å²) < 4.78 is 5.77. The number of H-pyrrole nitrogens is 1. The minimum absolute atomic E-state index is 0.0133. The van der Waals surface area contributed by atoms with Crippen LogP contribution in [0.2, 0.25) is 0 Å². The van der Waals surface area contributed by atoms with Crippen LogP contribution >= 0.6 is 0 Å². The van der Waals surface area contributed by atoms with Gasteiger partial charge in [-0.05, 0) is 26.7 Å². The lowest BCUT2D eigenvalue weighted by molar-refractivity contribution is -0.0715. The highest BCUT2D eigenvalue weighted by atomic mass is 16.5. The number of aromatic amines is 1. The van der Waals surface area contributed by atoms with Crippen LogP contribution in [0.25, 0.3) is 0 Å². The van der Waals surface area contributed by atoms with E-state index in [2.05, 4.69) is 34.2 Å². The maximum atomic E-state index is 12.4. The minimum Gasteiger partial charge on any atom is -0.373 e. The van der Waals surface area contributed by atoms with Gasteiger partial charge in [0.15, 0.2) is 5.69 Å². The number of carbonyl (C=O) groups is 1. The molecule has 0 radical (unpaired) electrons. The molecule has 2 aliphatic heterocycles. The Balaban J connectivity index is 1.63. The highest BCUT2D eigenvalue weighted by molar-refractivity contribution is 5.92. The van der Waals surface area contributed by atoms with Crippen LogP contribution in [-0.4, -0.2) is 75.5 Å². The van der Waals surface area contributed by atoms with Gasteiger partial charge in [0.2, 0.25) is 0 Å². The summed E-state index contributed by atoms with van der Waals surface area (Å²) in [5.41, 5.74) is 0.408. The van der Waals surface area contributed by atoms with E-state index in [1.807, 2.05) is 4.90 Å². The molecule has 3 atom stereocenters. The van der Waals surface area contributed by atoms with Crippen LogP contribution < -0.4 is 0 Å². The first-order chi connectivity index (χ1) is 10.1. The van der Waals surface area contributed by atoms with E-state index in [0.29, 0.717) is 5.69 Å². The van der Waals surface area contributed by atoms with Crippen LogP contribution in [0.3, 0.4) is 0 Å². The van der Waals surface area contributed by atoms with Crippen molar-refractivity contribution in [2.75, 3.05) is 26.2 Å². The third-order valence-corrected chi connectivity index (χ3v) is 4.24. The van der Waals surface area contributed by atoms with Gasteiger partial charge in [-0.15, -0.1) is 0 Å². The Morgan fingerprint density at radius 2 is 2.19 bits per heavy atom. The number of morpholine rings is 1. The fourth-order valence-electron chi connectivity index (χ4n) is 3.48. The number of nitrogens with one attached hydrogen (secondary N) is 1. The summed E-state index contributed by atoms with van der Waals surface area (Å²) in [6.45, 7) is 7.82. The summed E-state index contributed by atoms with van der Waals surface area (Å²) in [5, 5.41) is 10.1. The Morgan fingerprint density at radius 3 is 2.86 bits per heavy atom. The first kappa shape index (κ1) is 14.5. The summed E-state index contributed by atoms with van der Waals surface area (Å²) in [5.74, 6) is -0.0133. The molecule has 2 aliphatic rings. The zero-order chi connectivity index (χ0) is 14.8. The molecule has 3 rings (SSSR count). The Morgan fingerprint density at radius 1 is 1.43 bits per heavy atom. The summed E-state index contributed by atoms with van der Waals surface area (Å²) >= 11 is 0. The van der Waals surface area contributed by atoms with Gasteiger partial charge in [-0.1, -0.05) is 0 Å². The maximum absolute atomic E-state index is 12.4. The topological polar surface area (TPSA) is 74.4 Å². The summed E-state index contributed by atoms with van der Waals surface area (Å²) in [6.07, 6.45) is 4.13. The van der Waals surface area contributed by atoms with Gasteiger partial charge < -0.3 is 9.64 Å². The van der Waals surface area contributed by atoms with Gasteiger partial charge >= 0.3 is 0 Å². The molecule has 21 heavy (non-hydrogen) atoms. The zero-order valence-electron chi connectivity index (χ0n) is 12.7. The predicted molar refractivity (Wildman–Crippen MR) is 76.9 cm³/mol. The summed E-state index contributed by atoms with van der Waals surface area (Å²) in [4.78, 5) is 16.8. The highest BCUT2D eigenvalue weighted by Gasteiger charge is 2.33. The molecule has 0 aliphatic carbocycles. The molecule has 116 valence electrons. The average molecular weight is 293 g/mol. The molecule has 0 spiro atoms. The quantitative estimate of drug-likeness (QED) is 0.879. The van der Waals surface area contributed by atoms with Gasteiger partial charge in [-0.25, -0.2) is 0 Å². The first-order valence-electron chi connectivity index (χ1n) is 7.68. The monoisotopic (exact) mass is 293 g/mol. The second-order valence-electron chi connectivity index (χ2n) is 6.13. The standard InChI is InChI=1S/C14H23N5O2/c1-10-7-18(8-11(2)21-10)9-12-4-3-5-19(12)14(20)13-6-15-17-16-13/h6,10-12H,3-5,7-9H2,1-2H3,(H,15,16,17). The molecular weight excluding hydrogens is 270 g/mol.